The second-order valence-electron chi connectivity index (χ2n) is 3.39. The summed E-state index contributed by atoms with van der Waals surface area (Å²) in [5.41, 5.74) is 3.25. The van der Waals surface area contributed by atoms with Gasteiger partial charge in [-0.25, -0.2) is 0 Å². The summed E-state index contributed by atoms with van der Waals surface area (Å²) in [6, 6.07) is 0. The van der Waals surface area contributed by atoms with Crippen molar-refractivity contribution in [2.45, 2.75) is 67.2 Å². The van der Waals surface area contributed by atoms with Crippen molar-refractivity contribution in [1.82, 2.24) is 0 Å². The Morgan fingerprint density at radius 3 is 1.93 bits per heavy atom. The maximum atomic E-state index is 2.27. The van der Waals surface area contributed by atoms with Crippen LogP contribution in [0.3, 0.4) is 0 Å². The molecule has 1 heterocycles. The predicted octanol–water partition coefficient (Wildman–Crippen LogP) is 5.30. The quantitative estimate of drug-likeness (QED) is 0.563. The molecule has 1 heteroatoms. The largest absolute Gasteiger partial charge is 0.145 e. The Hall–Kier alpha value is -0.300. The second-order valence-corrected chi connectivity index (χ2v) is 4.70. The lowest BCUT2D eigenvalue weighted by Crippen LogP contribution is -1.98. The van der Waals surface area contributed by atoms with E-state index in [-0.39, 0.29) is 0 Å². The smallest absolute Gasteiger partial charge is 0.00827 e. The SMILES string of the molecule is CC.CC.Cc1sc2c(c1C)CCCC2. The Kier molecular flexibility index (Phi) is 7.76. The molecule has 0 atom stereocenters. The normalized spacial score (nSPS) is 12.9. The maximum Gasteiger partial charge on any atom is 0.00827 e. The molecule has 1 aromatic heterocycles. The van der Waals surface area contributed by atoms with Crippen molar-refractivity contribution in [3.63, 3.8) is 0 Å². The highest BCUT2D eigenvalue weighted by Crippen LogP contribution is 2.32. The fourth-order valence-electron chi connectivity index (χ4n) is 1.86. The van der Waals surface area contributed by atoms with Crippen LogP contribution in [0.2, 0.25) is 0 Å². The van der Waals surface area contributed by atoms with E-state index in [1.165, 1.54) is 30.6 Å². The van der Waals surface area contributed by atoms with Crippen LogP contribution >= 0.6 is 11.3 Å². The number of hydrogen-bond donors (Lipinski definition) is 0. The molecule has 1 aliphatic rings. The van der Waals surface area contributed by atoms with Gasteiger partial charge in [-0.15, -0.1) is 11.3 Å². The lowest BCUT2D eigenvalue weighted by atomic mass is 9.96. The third kappa shape index (κ3) is 3.64. The van der Waals surface area contributed by atoms with Gasteiger partial charge in [0.25, 0.3) is 0 Å². The van der Waals surface area contributed by atoms with Crippen molar-refractivity contribution in [2.75, 3.05) is 0 Å². The van der Waals surface area contributed by atoms with Gasteiger partial charge in [0.15, 0.2) is 0 Å². The van der Waals surface area contributed by atoms with Gasteiger partial charge in [0.05, 0.1) is 0 Å². The highest BCUT2D eigenvalue weighted by Gasteiger charge is 2.15. The van der Waals surface area contributed by atoms with E-state index in [2.05, 4.69) is 13.8 Å². The fraction of sp³-hybridized carbons (Fsp3) is 0.714. The minimum Gasteiger partial charge on any atom is -0.145 e. The van der Waals surface area contributed by atoms with Crippen molar-refractivity contribution in [2.24, 2.45) is 0 Å². The maximum absolute atomic E-state index is 2.27. The van der Waals surface area contributed by atoms with E-state index in [4.69, 9.17) is 0 Å². The molecule has 0 bridgehead atoms. The van der Waals surface area contributed by atoms with Crippen LogP contribution < -0.4 is 0 Å². The summed E-state index contributed by atoms with van der Waals surface area (Å²) in [4.78, 5) is 3.21. The summed E-state index contributed by atoms with van der Waals surface area (Å²) < 4.78 is 0. The minimum absolute atomic E-state index is 1.34. The standard InChI is InChI=1S/C10H14S.2C2H6/c1-7-8(2)11-10-6-4-3-5-9(7)10;2*1-2/h3-6H2,1-2H3;2*1-2H3. The van der Waals surface area contributed by atoms with Gasteiger partial charge in [0, 0.05) is 9.75 Å². The first-order valence-corrected chi connectivity index (χ1v) is 7.18. The van der Waals surface area contributed by atoms with E-state index in [1.54, 1.807) is 16.0 Å². The summed E-state index contributed by atoms with van der Waals surface area (Å²) in [5, 5.41) is 0. The molecule has 2 rings (SSSR count). The van der Waals surface area contributed by atoms with E-state index >= 15 is 0 Å². The molecule has 1 aliphatic carbocycles. The molecule has 0 spiro atoms. The van der Waals surface area contributed by atoms with Crippen LogP contribution in [0.15, 0.2) is 0 Å². The predicted molar refractivity (Wildman–Crippen MR) is 73.1 cm³/mol. The Morgan fingerprint density at radius 1 is 0.867 bits per heavy atom. The number of thiophene rings is 1. The van der Waals surface area contributed by atoms with Gasteiger partial charge in [0.1, 0.15) is 0 Å². The number of hydrogen-bond acceptors (Lipinski definition) is 1. The Morgan fingerprint density at radius 2 is 1.40 bits per heavy atom. The molecule has 0 fully saturated rings. The fourth-order valence-corrected chi connectivity index (χ4v) is 3.13. The zero-order chi connectivity index (χ0) is 11.8. The van der Waals surface area contributed by atoms with Crippen LogP contribution in [0.1, 0.15) is 61.4 Å². The molecule has 0 saturated carbocycles. The monoisotopic (exact) mass is 226 g/mol. The van der Waals surface area contributed by atoms with E-state index in [0.29, 0.717) is 0 Å². The van der Waals surface area contributed by atoms with Crippen molar-refractivity contribution in [3.8, 4) is 0 Å². The first kappa shape index (κ1) is 14.7. The second kappa shape index (κ2) is 7.92. The van der Waals surface area contributed by atoms with Gasteiger partial charge >= 0.3 is 0 Å². The van der Waals surface area contributed by atoms with Crippen molar-refractivity contribution in [3.05, 3.63) is 20.9 Å². The first-order valence-electron chi connectivity index (χ1n) is 6.37. The van der Waals surface area contributed by atoms with Crippen LogP contribution in [-0.2, 0) is 12.8 Å². The summed E-state index contributed by atoms with van der Waals surface area (Å²) >= 11 is 2.02. The molecular weight excluding hydrogens is 200 g/mol. The van der Waals surface area contributed by atoms with Crippen LogP contribution in [-0.4, -0.2) is 0 Å². The zero-order valence-corrected chi connectivity index (χ0v) is 12.1. The minimum atomic E-state index is 1.34. The molecule has 0 unspecified atom stereocenters. The lowest BCUT2D eigenvalue weighted by Gasteiger charge is -2.10. The van der Waals surface area contributed by atoms with Gasteiger partial charge in [-0.3, -0.25) is 0 Å². The molecule has 88 valence electrons. The van der Waals surface area contributed by atoms with Crippen LogP contribution in [0.4, 0.5) is 0 Å². The number of fused-ring (bicyclic) bond motifs is 1. The Labute approximate surface area is 99.7 Å². The Bertz CT molecular complexity index is 271. The highest BCUT2D eigenvalue weighted by atomic mass is 32.1. The molecule has 1 aromatic rings. The first-order chi connectivity index (χ1) is 7.29. The zero-order valence-electron chi connectivity index (χ0n) is 11.2. The van der Waals surface area contributed by atoms with E-state index < -0.39 is 0 Å². The van der Waals surface area contributed by atoms with E-state index in [9.17, 15) is 0 Å². The van der Waals surface area contributed by atoms with E-state index in [0.717, 1.165) is 0 Å². The highest BCUT2D eigenvalue weighted by molar-refractivity contribution is 7.12. The molecule has 0 radical (unpaired) electrons. The van der Waals surface area contributed by atoms with Gasteiger partial charge < -0.3 is 0 Å². The summed E-state index contributed by atoms with van der Waals surface area (Å²) in [6.07, 6.45) is 5.50. The third-order valence-electron chi connectivity index (χ3n) is 2.67. The summed E-state index contributed by atoms with van der Waals surface area (Å²) in [7, 11) is 0. The van der Waals surface area contributed by atoms with Crippen molar-refractivity contribution < 1.29 is 0 Å². The molecule has 0 aliphatic heterocycles. The van der Waals surface area contributed by atoms with Crippen LogP contribution in [0.5, 0.6) is 0 Å². The van der Waals surface area contributed by atoms with Gasteiger partial charge in [0.2, 0.25) is 0 Å². The topological polar surface area (TPSA) is 0 Å². The van der Waals surface area contributed by atoms with Gasteiger partial charge in [-0.1, -0.05) is 27.7 Å². The summed E-state index contributed by atoms with van der Waals surface area (Å²) in [5.74, 6) is 0. The molecule has 0 N–H and O–H groups in total. The van der Waals surface area contributed by atoms with Crippen molar-refractivity contribution in [1.29, 1.82) is 0 Å². The number of aryl methyl sites for hydroxylation is 2. The van der Waals surface area contributed by atoms with Gasteiger partial charge in [-0.2, -0.15) is 0 Å². The van der Waals surface area contributed by atoms with Crippen LogP contribution in [0.25, 0.3) is 0 Å². The summed E-state index contributed by atoms with van der Waals surface area (Å²) in [6.45, 7) is 12.5. The van der Waals surface area contributed by atoms with Crippen molar-refractivity contribution >= 4 is 11.3 Å². The lowest BCUT2D eigenvalue weighted by molar-refractivity contribution is 0.694. The third-order valence-corrected chi connectivity index (χ3v) is 3.98. The number of rotatable bonds is 0. The average molecular weight is 226 g/mol. The molecule has 0 saturated heterocycles. The molecule has 0 aromatic carbocycles. The van der Waals surface area contributed by atoms with Gasteiger partial charge in [-0.05, 0) is 50.7 Å². The molecular formula is C14H26S. The van der Waals surface area contributed by atoms with E-state index in [1.807, 2.05) is 39.0 Å². The average Bonchev–Trinajstić information content (AvgIpc) is 2.61. The molecule has 0 amide bonds. The van der Waals surface area contributed by atoms with Crippen LogP contribution in [0, 0.1) is 13.8 Å². The molecule has 0 nitrogen and oxygen atoms in total. The molecule has 15 heavy (non-hydrogen) atoms. The Balaban J connectivity index is 0.000000442.